The highest BCUT2D eigenvalue weighted by molar-refractivity contribution is 5.95. The summed E-state index contributed by atoms with van der Waals surface area (Å²) in [5.74, 6) is -0.216. The summed E-state index contributed by atoms with van der Waals surface area (Å²) in [5, 5.41) is 5.68. The third-order valence-corrected chi connectivity index (χ3v) is 7.41. The number of piperidine rings is 1. The Hall–Kier alpha value is -5.33. The lowest BCUT2D eigenvalue weighted by Crippen LogP contribution is -2.58. The molecule has 0 saturated carbocycles. The first-order chi connectivity index (χ1) is 21.3. The number of imidazole rings is 1. The molecule has 0 radical (unpaired) electrons. The summed E-state index contributed by atoms with van der Waals surface area (Å²) in [6, 6.07) is 11.5. The normalized spacial score (nSPS) is 18.7. The number of carbonyl (C=O) groups excluding carboxylic acids is 3. The highest BCUT2D eigenvalue weighted by atomic mass is 19.1. The van der Waals surface area contributed by atoms with Gasteiger partial charge in [0, 0.05) is 50.1 Å². The van der Waals surface area contributed by atoms with Crippen LogP contribution in [0.1, 0.15) is 38.7 Å². The summed E-state index contributed by atoms with van der Waals surface area (Å²) >= 11 is 0. The molecule has 3 amide bonds. The topological polar surface area (TPSA) is 137 Å². The molecule has 2 N–H and O–H groups in total. The number of halogens is 1. The molecule has 4 heterocycles. The smallest absolute Gasteiger partial charge is 0.289 e. The van der Waals surface area contributed by atoms with Gasteiger partial charge in [-0.1, -0.05) is 0 Å². The fourth-order valence-corrected chi connectivity index (χ4v) is 5.26. The van der Waals surface area contributed by atoms with Gasteiger partial charge in [-0.3, -0.25) is 14.4 Å². The Labute approximate surface area is 251 Å². The van der Waals surface area contributed by atoms with Crippen LogP contribution >= 0.6 is 0 Å². The molecule has 2 aromatic carbocycles. The van der Waals surface area contributed by atoms with Crippen LogP contribution in [0.2, 0.25) is 0 Å². The van der Waals surface area contributed by atoms with Crippen molar-refractivity contribution < 1.29 is 37.4 Å². The predicted molar refractivity (Wildman–Crippen MR) is 153 cm³/mol. The summed E-state index contributed by atoms with van der Waals surface area (Å²) in [6.07, 6.45) is 4.86. The van der Waals surface area contributed by atoms with Crippen LogP contribution in [0.3, 0.4) is 0 Å². The van der Waals surface area contributed by atoms with Gasteiger partial charge < -0.3 is 38.7 Å². The van der Waals surface area contributed by atoms with E-state index in [4.69, 9.17) is 18.6 Å². The van der Waals surface area contributed by atoms with Crippen LogP contribution < -0.4 is 24.8 Å². The zero-order chi connectivity index (χ0) is 30.6. The van der Waals surface area contributed by atoms with E-state index in [2.05, 4.69) is 15.6 Å². The molecule has 0 spiro atoms. The predicted octanol–water partition coefficient (Wildman–Crippen LogP) is 2.77. The maximum absolute atomic E-state index is 14.6. The zero-order valence-electron chi connectivity index (χ0n) is 23.8. The van der Waals surface area contributed by atoms with E-state index in [9.17, 15) is 18.8 Å². The minimum atomic E-state index is -0.656. The molecular formula is C31H30FN5O7. The molecule has 44 heavy (non-hydrogen) atoms. The molecule has 13 heteroatoms. The van der Waals surface area contributed by atoms with Crippen molar-refractivity contribution in [1.29, 1.82) is 0 Å². The molecule has 0 unspecified atom stereocenters. The molecule has 2 aliphatic rings. The van der Waals surface area contributed by atoms with Crippen LogP contribution in [0, 0.1) is 5.82 Å². The van der Waals surface area contributed by atoms with Crippen LogP contribution in [-0.2, 0) is 17.9 Å². The van der Waals surface area contributed by atoms with Gasteiger partial charge in [-0.25, -0.2) is 9.37 Å². The van der Waals surface area contributed by atoms with E-state index in [1.165, 1.54) is 25.3 Å². The molecule has 2 atom stereocenters. The summed E-state index contributed by atoms with van der Waals surface area (Å²) < 4.78 is 39.5. The number of fused-ring (bicyclic) bond motifs is 5. The Bertz CT molecular complexity index is 1670. The maximum atomic E-state index is 14.6. The minimum Gasteiger partial charge on any atom is -0.493 e. The van der Waals surface area contributed by atoms with Crippen molar-refractivity contribution in [2.45, 2.75) is 31.7 Å². The highest BCUT2D eigenvalue weighted by Crippen LogP contribution is 2.29. The Balaban J connectivity index is 1.24. The fourth-order valence-electron chi connectivity index (χ4n) is 5.26. The van der Waals surface area contributed by atoms with Crippen molar-refractivity contribution >= 4 is 17.7 Å². The van der Waals surface area contributed by atoms with Crippen LogP contribution in [0.15, 0.2) is 71.7 Å². The van der Waals surface area contributed by atoms with Gasteiger partial charge in [0.1, 0.15) is 23.4 Å². The summed E-state index contributed by atoms with van der Waals surface area (Å²) in [7, 11) is 1.45. The molecule has 1 fully saturated rings. The molecule has 228 valence electrons. The number of hydrogen-bond acceptors (Lipinski definition) is 8. The van der Waals surface area contributed by atoms with Crippen LogP contribution in [0.4, 0.5) is 4.39 Å². The Morgan fingerprint density at radius 1 is 1.16 bits per heavy atom. The number of likely N-dealkylation sites (tertiary alicyclic amines) is 1. The number of aromatic nitrogens is 2. The number of hydrogen-bond donors (Lipinski definition) is 2. The number of furan rings is 1. The van der Waals surface area contributed by atoms with Gasteiger partial charge in [0.25, 0.3) is 17.7 Å². The molecule has 0 aliphatic carbocycles. The van der Waals surface area contributed by atoms with Gasteiger partial charge in [-0.15, -0.1) is 0 Å². The van der Waals surface area contributed by atoms with Crippen molar-refractivity contribution in [2.75, 3.05) is 26.8 Å². The fraction of sp³-hybridized carbons (Fsp3) is 0.290. The van der Waals surface area contributed by atoms with Crippen LogP contribution in [-0.4, -0.2) is 71.1 Å². The first-order valence-corrected chi connectivity index (χ1v) is 14.0. The van der Waals surface area contributed by atoms with E-state index in [1.54, 1.807) is 54.0 Å². The quantitative estimate of drug-likeness (QED) is 0.364. The average Bonchev–Trinajstić information content (AvgIpc) is 3.71. The second-order valence-electron chi connectivity index (χ2n) is 10.5. The monoisotopic (exact) mass is 603 g/mol. The summed E-state index contributed by atoms with van der Waals surface area (Å²) in [6.45, 7) is 0.512. The minimum absolute atomic E-state index is 0.0499. The molecule has 12 nitrogen and oxygen atoms in total. The maximum Gasteiger partial charge on any atom is 0.289 e. The zero-order valence-corrected chi connectivity index (χ0v) is 23.8. The number of rotatable bonds is 4. The van der Waals surface area contributed by atoms with E-state index in [-0.39, 0.29) is 41.8 Å². The SMILES string of the molecule is COc1ccc2cc1OCC(=O)N[C@@H]1CN(C(=O)c3ccc(Cn4ccnc4)o3)CC[C@@H]1Oc1cc(F)cc(c1)CNC2=O. The van der Waals surface area contributed by atoms with Gasteiger partial charge in [0.05, 0.1) is 26.0 Å². The summed E-state index contributed by atoms with van der Waals surface area (Å²) in [4.78, 5) is 45.0. The van der Waals surface area contributed by atoms with Gasteiger partial charge in [0.2, 0.25) is 0 Å². The molecule has 1 saturated heterocycles. The van der Waals surface area contributed by atoms with Crippen molar-refractivity contribution in [3.05, 3.63) is 95.7 Å². The molecule has 2 aromatic heterocycles. The van der Waals surface area contributed by atoms with Gasteiger partial charge in [-0.05, 0) is 48.0 Å². The lowest BCUT2D eigenvalue weighted by Gasteiger charge is -2.38. The molecule has 6 rings (SSSR count). The van der Waals surface area contributed by atoms with E-state index in [0.717, 1.165) is 0 Å². The third kappa shape index (κ3) is 6.51. The standard InChI is InChI=1S/C31H30FN5O7/c1-41-26-4-2-20-12-28(26)42-17-29(38)35-24-16-37(31(40)27-5-3-22(43-27)15-36-9-7-33-18-36)8-6-25(24)44-23-11-19(10-21(32)13-23)14-34-30(20)39/h2-5,7,9-13,18,24-25H,6,8,14-17H2,1H3,(H,34,39)(H,35,38)/t24-,25+/m1/s1. The van der Waals surface area contributed by atoms with Crippen molar-refractivity contribution in [2.24, 2.45) is 0 Å². The van der Waals surface area contributed by atoms with Crippen molar-refractivity contribution in [3.8, 4) is 17.2 Å². The second kappa shape index (κ2) is 12.5. The Morgan fingerprint density at radius 3 is 2.86 bits per heavy atom. The van der Waals surface area contributed by atoms with Gasteiger partial charge in [-0.2, -0.15) is 0 Å². The number of benzene rings is 2. The van der Waals surface area contributed by atoms with Crippen LogP contribution in [0.5, 0.6) is 17.2 Å². The molecule has 2 aliphatic heterocycles. The number of methoxy groups -OCH3 is 1. The third-order valence-electron chi connectivity index (χ3n) is 7.41. The highest BCUT2D eigenvalue weighted by Gasteiger charge is 2.35. The van der Waals surface area contributed by atoms with E-state index >= 15 is 0 Å². The van der Waals surface area contributed by atoms with Crippen molar-refractivity contribution in [3.63, 3.8) is 0 Å². The largest absolute Gasteiger partial charge is 0.493 e. The number of ether oxygens (including phenoxy) is 3. The van der Waals surface area contributed by atoms with Crippen molar-refractivity contribution in [1.82, 2.24) is 25.1 Å². The summed E-state index contributed by atoms with van der Waals surface area (Å²) in [5.41, 5.74) is 0.761. The first-order valence-electron chi connectivity index (χ1n) is 14.0. The van der Waals surface area contributed by atoms with Gasteiger partial charge >= 0.3 is 0 Å². The lowest BCUT2D eigenvalue weighted by molar-refractivity contribution is -0.125. The molecule has 4 aromatic rings. The van der Waals surface area contributed by atoms with Crippen LogP contribution in [0.25, 0.3) is 0 Å². The Kier molecular flexibility index (Phi) is 8.17. The first kappa shape index (κ1) is 28.8. The number of nitrogens with zero attached hydrogens (tertiary/aromatic N) is 3. The van der Waals surface area contributed by atoms with E-state index < -0.39 is 36.4 Å². The molecular weight excluding hydrogens is 573 g/mol. The number of nitrogens with one attached hydrogen (secondary N) is 2. The average molecular weight is 604 g/mol. The molecule has 4 bridgehead atoms. The van der Waals surface area contributed by atoms with E-state index in [0.29, 0.717) is 36.6 Å². The number of carbonyl (C=O) groups is 3. The number of amides is 3. The van der Waals surface area contributed by atoms with E-state index in [1.807, 2.05) is 4.57 Å². The second-order valence-corrected chi connectivity index (χ2v) is 10.5. The Morgan fingerprint density at radius 2 is 2.05 bits per heavy atom. The lowest BCUT2D eigenvalue weighted by atomic mass is 10.0. The van der Waals surface area contributed by atoms with Gasteiger partial charge in [0.15, 0.2) is 23.9 Å².